The quantitative estimate of drug-likeness (QED) is 0.0422. The van der Waals surface area contributed by atoms with E-state index in [9.17, 15) is 22.7 Å². The average molecular weight is 976 g/mol. The number of aromatic nitrogens is 3. The number of anilines is 2. The Morgan fingerprint density at radius 1 is 1.20 bits per heavy atom. The fourth-order valence-corrected chi connectivity index (χ4v) is 6.54. The molecule has 15 heteroatoms. The number of nitrogens with two attached hydrogens (primary N) is 1. The number of aromatic hydroxyl groups is 1. The molecular formula is C31H27F5IN6O2U-. The fraction of sp³-hybridized carbons (Fsp3) is 0.355. The minimum absolute atomic E-state index is 0. The molecule has 3 fully saturated rings. The first-order valence-corrected chi connectivity index (χ1v) is 15.4. The molecule has 7 rings (SSSR count). The summed E-state index contributed by atoms with van der Waals surface area (Å²) in [5, 5.41) is 13.3. The van der Waals surface area contributed by atoms with Gasteiger partial charge < -0.3 is 25.8 Å². The van der Waals surface area contributed by atoms with E-state index in [4.69, 9.17) is 16.9 Å². The fourth-order valence-electron chi connectivity index (χ4n) is 5.77. The third kappa shape index (κ3) is 6.88. The van der Waals surface area contributed by atoms with E-state index in [1.54, 1.807) is 0 Å². The molecule has 2 aliphatic heterocycles. The predicted octanol–water partition coefficient (Wildman–Crippen LogP) is 5.84. The molecule has 4 aromatic rings. The molecule has 4 atom stereocenters. The molecule has 2 aromatic carbocycles. The van der Waals surface area contributed by atoms with Crippen LogP contribution < -0.4 is 11.1 Å². The van der Waals surface area contributed by atoms with Crippen LogP contribution in [0.2, 0.25) is 0 Å². The Morgan fingerprint density at radius 2 is 1.96 bits per heavy atom. The van der Waals surface area contributed by atoms with Crippen LogP contribution in [0.5, 0.6) is 6.01 Å². The van der Waals surface area contributed by atoms with Gasteiger partial charge in [0.25, 0.3) is 0 Å². The summed E-state index contributed by atoms with van der Waals surface area (Å²) in [5.74, 6) is -1.21. The zero-order valence-electron chi connectivity index (χ0n) is 24.1. The molecule has 0 radical (unpaired) electrons. The van der Waals surface area contributed by atoms with Gasteiger partial charge in [-0.15, -0.1) is 12.8 Å². The third-order valence-corrected chi connectivity index (χ3v) is 9.33. The molecule has 1 unspecified atom stereocenters. The van der Waals surface area contributed by atoms with Gasteiger partial charge >= 0.3 is 6.01 Å². The van der Waals surface area contributed by atoms with Crippen LogP contribution in [0.25, 0.3) is 32.9 Å². The molecule has 8 nitrogen and oxygen atoms in total. The number of hydrogen-bond donors (Lipinski definition) is 3. The molecule has 1 aliphatic carbocycles. The second-order valence-electron chi connectivity index (χ2n) is 11.0. The van der Waals surface area contributed by atoms with E-state index in [2.05, 4.69) is 31.1 Å². The van der Waals surface area contributed by atoms with Gasteiger partial charge in [0.2, 0.25) is 0 Å². The summed E-state index contributed by atoms with van der Waals surface area (Å²) in [6.07, 6.45) is 7.80. The molecule has 4 N–H and O–H groups in total. The largest absolute Gasteiger partial charge is 0.479 e. The Bertz CT molecular complexity index is 1810. The van der Waals surface area contributed by atoms with E-state index in [-0.39, 0.29) is 92.6 Å². The van der Waals surface area contributed by atoms with Gasteiger partial charge in [0.15, 0.2) is 17.5 Å². The SMILES string of the molecule is C#Cc1c(F)c(F)cc2cc(N)cc(-c3ncc4c(NCCO[C@H]5C(I)[C@@H]5F)nc(O)nc4c3F)c12.F[C@@H]1C[C-]2CCCN2C1.[U]. The number of benzene rings is 2. The van der Waals surface area contributed by atoms with E-state index in [0.29, 0.717) is 6.54 Å². The van der Waals surface area contributed by atoms with Crippen LogP contribution in [0.4, 0.5) is 33.5 Å². The number of pyridine rings is 1. The van der Waals surface area contributed by atoms with Crippen molar-refractivity contribution in [3.63, 3.8) is 0 Å². The first-order valence-electron chi connectivity index (χ1n) is 14.2. The van der Waals surface area contributed by atoms with Gasteiger partial charge in [-0.1, -0.05) is 34.9 Å². The molecule has 0 bridgehead atoms. The van der Waals surface area contributed by atoms with E-state index in [1.165, 1.54) is 30.8 Å². The van der Waals surface area contributed by atoms with Gasteiger partial charge in [-0.2, -0.15) is 16.4 Å². The van der Waals surface area contributed by atoms with Crippen LogP contribution in [0.3, 0.4) is 0 Å². The Kier molecular flexibility index (Phi) is 10.8. The van der Waals surface area contributed by atoms with Crippen LogP contribution in [0.1, 0.15) is 24.8 Å². The average Bonchev–Trinajstić information content (AvgIpc) is 3.28. The molecule has 0 amide bonds. The number of halogens is 6. The van der Waals surface area contributed by atoms with Crippen molar-refractivity contribution in [2.45, 2.75) is 41.6 Å². The van der Waals surface area contributed by atoms with Crippen molar-refractivity contribution in [2.75, 3.05) is 37.3 Å². The van der Waals surface area contributed by atoms with Crippen molar-refractivity contribution in [3.05, 3.63) is 53.5 Å². The summed E-state index contributed by atoms with van der Waals surface area (Å²) in [6.45, 7) is 2.12. The summed E-state index contributed by atoms with van der Waals surface area (Å²) in [7, 11) is 0. The van der Waals surface area contributed by atoms with Gasteiger partial charge in [0.05, 0.1) is 27.7 Å². The molecule has 2 aromatic heterocycles. The Morgan fingerprint density at radius 3 is 2.65 bits per heavy atom. The van der Waals surface area contributed by atoms with Gasteiger partial charge in [-0.25, -0.2) is 28.0 Å². The summed E-state index contributed by atoms with van der Waals surface area (Å²) in [5.41, 5.74) is 5.12. The smallest absolute Gasteiger partial charge is 0.316 e. The van der Waals surface area contributed by atoms with E-state index in [0.717, 1.165) is 25.5 Å². The predicted molar refractivity (Wildman–Crippen MR) is 169 cm³/mol. The maximum Gasteiger partial charge on any atom is 0.316 e. The standard InChI is InChI=1S/C24H16F4IN5O2.C7H11FN.U/c1-2-11-15-9(6-14(25)16(11)26)5-10(30)7-12(15)20-18(28)21-13(8-32-20)23(34-24(35)33-21)31-3-4-36-22-17(27)19(22)29;8-6-4-7-2-1-3-9(7)5-6;/h1,5-8,17,19,22H,3-4,30H2,(H2,31,33,34,35);6H,1-5H2;/q;-1;/t17-,19?,22+;6-;/m01./s1. The van der Waals surface area contributed by atoms with Crippen molar-refractivity contribution < 1.29 is 62.9 Å². The topological polar surface area (TPSA) is 109 Å². The third-order valence-electron chi connectivity index (χ3n) is 7.94. The van der Waals surface area contributed by atoms with Crippen LogP contribution >= 0.6 is 22.6 Å². The zero-order valence-corrected chi connectivity index (χ0v) is 30.5. The maximum absolute atomic E-state index is 15.8. The molecule has 4 heterocycles. The van der Waals surface area contributed by atoms with Crippen molar-refractivity contribution in [3.8, 4) is 29.6 Å². The van der Waals surface area contributed by atoms with Crippen LogP contribution in [0.15, 0.2) is 24.4 Å². The molecule has 3 aliphatic rings. The summed E-state index contributed by atoms with van der Waals surface area (Å²) in [6, 6.07) is 4.28. The van der Waals surface area contributed by atoms with E-state index in [1.807, 2.05) is 22.6 Å². The second-order valence-corrected chi connectivity index (χ2v) is 12.4. The first kappa shape index (κ1) is 34.8. The van der Waals surface area contributed by atoms with Crippen LogP contribution in [-0.2, 0) is 4.74 Å². The maximum atomic E-state index is 15.8. The number of fused-ring (bicyclic) bond motifs is 3. The summed E-state index contributed by atoms with van der Waals surface area (Å²) < 4.78 is 75.4. The van der Waals surface area contributed by atoms with Gasteiger partial charge in [-0.05, 0) is 36.7 Å². The molecule has 1 saturated carbocycles. The number of ether oxygens (including phenoxy) is 1. The van der Waals surface area contributed by atoms with Gasteiger partial charge in [-0.3, -0.25) is 4.98 Å². The Labute approximate surface area is 298 Å². The number of nitrogens with zero attached hydrogens (tertiary/aromatic N) is 4. The monoisotopic (exact) mass is 975 g/mol. The van der Waals surface area contributed by atoms with Crippen LogP contribution in [-0.4, -0.2) is 73.6 Å². The van der Waals surface area contributed by atoms with Crippen molar-refractivity contribution in [1.82, 2.24) is 19.9 Å². The summed E-state index contributed by atoms with van der Waals surface area (Å²) >= 11 is 1.97. The second kappa shape index (κ2) is 14.3. The van der Waals surface area contributed by atoms with Crippen molar-refractivity contribution in [2.24, 2.45) is 0 Å². The Balaban J connectivity index is 0.000000356. The number of nitrogen functional groups attached to an aromatic ring is 1. The number of hydrogen-bond acceptors (Lipinski definition) is 8. The molecule has 2 saturated heterocycles. The number of nitrogens with one attached hydrogen (secondary N) is 1. The molecule has 240 valence electrons. The minimum atomic E-state index is -1.26. The van der Waals surface area contributed by atoms with E-state index < -0.39 is 47.5 Å². The molecular weight excluding hydrogens is 948 g/mol. The van der Waals surface area contributed by atoms with Crippen molar-refractivity contribution in [1.29, 1.82) is 0 Å². The van der Waals surface area contributed by atoms with Crippen molar-refractivity contribution >= 4 is 55.8 Å². The Hall–Kier alpha value is -2.50. The number of terminal acetylenes is 1. The first-order chi connectivity index (χ1) is 21.6. The van der Waals surface area contributed by atoms with E-state index >= 15 is 4.39 Å². The minimum Gasteiger partial charge on any atom is -0.479 e. The zero-order chi connectivity index (χ0) is 32.0. The molecule has 46 heavy (non-hydrogen) atoms. The van der Waals surface area contributed by atoms with Gasteiger partial charge in [0.1, 0.15) is 29.3 Å². The molecule has 0 spiro atoms. The number of alkyl halides is 3. The van der Waals surface area contributed by atoms with Gasteiger partial charge in [0, 0.05) is 60.5 Å². The normalized spacial score (nSPS) is 22.2. The number of rotatable bonds is 6. The van der Waals surface area contributed by atoms with Crippen LogP contribution in [0, 0.1) is 67.0 Å². The summed E-state index contributed by atoms with van der Waals surface area (Å²) in [4.78, 5) is 14.0.